The number of thioether (sulfide) groups is 1. The molecule has 1 N–H and O–H groups in total. The minimum absolute atomic E-state index is 0.00685. The highest BCUT2D eigenvalue weighted by atomic mass is 32.2. The maximum Gasteiger partial charge on any atom is 0.245 e. The first-order chi connectivity index (χ1) is 7.22. The van der Waals surface area contributed by atoms with Crippen LogP contribution in [-0.2, 0) is 9.59 Å². The number of rotatable bonds is 4. The van der Waals surface area contributed by atoms with Crippen molar-refractivity contribution in [1.82, 2.24) is 10.2 Å². The topological polar surface area (TPSA) is 49.4 Å². The van der Waals surface area contributed by atoms with E-state index in [0.717, 1.165) is 18.6 Å². The zero-order chi connectivity index (χ0) is 10.8. The molecule has 0 bridgehead atoms. The van der Waals surface area contributed by atoms with E-state index in [-0.39, 0.29) is 24.4 Å². The summed E-state index contributed by atoms with van der Waals surface area (Å²) in [6.45, 7) is 0.930. The molecule has 4 nitrogen and oxygen atoms in total. The third-order valence-electron chi connectivity index (χ3n) is 2.89. The molecule has 1 unspecified atom stereocenters. The molecular formula is C10H16N2O2S. The molecule has 0 aromatic heterocycles. The Kier molecular flexibility index (Phi) is 3.19. The van der Waals surface area contributed by atoms with Gasteiger partial charge < -0.3 is 10.2 Å². The van der Waals surface area contributed by atoms with Gasteiger partial charge in [0.1, 0.15) is 6.04 Å². The quantitative estimate of drug-likeness (QED) is 0.741. The van der Waals surface area contributed by atoms with Crippen LogP contribution in [0.25, 0.3) is 0 Å². The Bertz CT molecular complexity index is 279. The number of amides is 2. The van der Waals surface area contributed by atoms with Crippen molar-refractivity contribution in [3.63, 3.8) is 0 Å². The second-order valence-corrected chi connectivity index (χ2v) is 5.12. The Morgan fingerprint density at radius 1 is 1.47 bits per heavy atom. The fraction of sp³-hybridized carbons (Fsp3) is 0.800. The number of carbonyl (C=O) groups excluding carboxylic acids is 2. The highest BCUT2D eigenvalue weighted by molar-refractivity contribution is 7.98. The molecule has 1 atom stereocenters. The summed E-state index contributed by atoms with van der Waals surface area (Å²) in [6.07, 6.45) is 4.16. The molecule has 84 valence electrons. The smallest absolute Gasteiger partial charge is 0.245 e. The molecule has 1 saturated heterocycles. The Balaban J connectivity index is 1.97. The zero-order valence-electron chi connectivity index (χ0n) is 8.86. The summed E-state index contributed by atoms with van der Waals surface area (Å²) < 4.78 is 0. The average Bonchev–Trinajstić information content (AvgIpc) is 3.02. The maximum absolute atomic E-state index is 12.0. The fourth-order valence-corrected chi connectivity index (χ4v) is 2.27. The molecule has 1 aliphatic heterocycles. The van der Waals surface area contributed by atoms with Gasteiger partial charge in [-0.2, -0.15) is 11.8 Å². The van der Waals surface area contributed by atoms with Gasteiger partial charge in [0, 0.05) is 12.3 Å². The van der Waals surface area contributed by atoms with Crippen molar-refractivity contribution in [1.29, 1.82) is 0 Å². The van der Waals surface area contributed by atoms with Crippen LogP contribution in [0.15, 0.2) is 0 Å². The predicted octanol–water partition coefficient (Wildman–Crippen LogP) is 0.0864. The van der Waals surface area contributed by atoms with Crippen LogP contribution in [0, 0.1) is 5.92 Å². The molecular weight excluding hydrogens is 212 g/mol. The van der Waals surface area contributed by atoms with Crippen molar-refractivity contribution < 1.29 is 9.59 Å². The summed E-state index contributed by atoms with van der Waals surface area (Å²) >= 11 is 1.70. The van der Waals surface area contributed by atoms with E-state index in [4.69, 9.17) is 0 Å². The number of nitrogens with zero attached hydrogens (tertiary/aromatic N) is 1. The summed E-state index contributed by atoms with van der Waals surface area (Å²) in [6, 6.07) is -0.229. The van der Waals surface area contributed by atoms with Crippen LogP contribution in [0.2, 0.25) is 0 Å². The first-order valence-corrected chi connectivity index (χ1v) is 6.69. The lowest BCUT2D eigenvalue weighted by Crippen LogP contribution is -2.59. The zero-order valence-corrected chi connectivity index (χ0v) is 9.68. The lowest BCUT2D eigenvalue weighted by atomic mass is 10.1. The fourth-order valence-electron chi connectivity index (χ4n) is 1.87. The van der Waals surface area contributed by atoms with Gasteiger partial charge in [-0.05, 0) is 25.0 Å². The molecule has 0 spiro atoms. The van der Waals surface area contributed by atoms with Gasteiger partial charge in [-0.15, -0.1) is 0 Å². The van der Waals surface area contributed by atoms with Gasteiger partial charge in [-0.25, -0.2) is 0 Å². The summed E-state index contributed by atoms with van der Waals surface area (Å²) in [5.74, 6) is 1.41. The summed E-state index contributed by atoms with van der Waals surface area (Å²) in [5, 5.41) is 2.80. The van der Waals surface area contributed by atoms with Crippen molar-refractivity contribution in [2.75, 3.05) is 25.1 Å². The minimum Gasteiger partial charge on any atom is -0.342 e. The van der Waals surface area contributed by atoms with Gasteiger partial charge in [-0.1, -0.05) is 0 Å². The van der Waals surface area contributed by atoms with Crippen molar-refractivity contribution in [2.24, 2.45) is 5.92 Å². The monoisotopic (exact) mass is 228 g/mol. The van der Waals surface area contributed by atoms with Gasteiger partial charge in [-0.3, -0.25) is 9.59 Å². The number of piperazine rings is 1. The number of hydrogen-bond acceptors (Lipinski definition) is 3. The molecule has 1 aliphatic carbocycles. The number of hydrogen-bond donors (Lipinski definition) is 1. The minimum atomic E-state index is -0.229. The van der Waals surface area contributed by atoms with Crippen LogP contribution in [-0.4, -0.2) is 47.9 Å². The second-order valence-electron chi connectivity index (χ2n) is 4.14. The third kappa shape index (κ3) is 2.45. The van der Waals surface area contributed by atoms with Gasteiger partial charge in [0.15, 0.2) is 0 Å². The molecule has 1 heterocycles. The van der Waals surface area contributed by atoms with E-state index in [2.05, 4.69) is 5.32 Å². The molecule has 15 heavy (non-hydrogen) atoms. The SMILES string of the molecule is CSCCN1CC(=O)NC(C2CC2)C1=O. The van der Waals surface area contributed by atoms with E-state index < -0.39 is 0 Å². The normalized spacial score (nSPS) is 26.7. The lowest BCUT2D eigenvalue weighted by Gasteiger charge is -2.32. The Morgan fingerprint density at radius 3 is 2.80 bits per heavy atom. The third-order valence-corrected chi connectivity index (χ3v) is 3.48. The van der Waals surface area contributed by atoms with Crippen LogP contribution in [0.3, 0.4) is 0 Å². The van der Waals surface area contributed by atoms with E-state index in [1.807, 2.05) is 6.26 Å². The first kappa shape index (κ1) is 10.8. The van der Waals surface area contributed by atoms with Crippen LogP contribution < -0.4 is 5.32 Å². The van der Waals surface area contributed by atoms with Gasteiger partial charge >= 0.3 is 0 Å². The summed E-state index contributed by atoms with van der Waals surface area (Å²) in [4.78, 5) is 25.1. The van der Waals surface area contributed by atoms with Crippen LogP contribution in [0.4, 0.5) is 0 Å². The molecule has 2 fully saturated rings. The molecule has 2 amide bonds. The average molecular weight is 228 g/mol. The lowest BCUT2D eigenvalue weighted by molar-refractivity contribution is -0.144. The first-order valence-electron chi connectivity index (χ1n) is 5.29. The van der Waals surface area contributed by atoms with E-state index >= 15 is 0 Å². The molecule has 0 aromatic rings. The maximum atomic E-state index is 12.0. The molecule has 2 aliphatic rings. The van der Waals surface area contributed by atoms with Crippen LogP contribution in [0.1, 0.15) is 12.8 Å². The van der Waals surface area contributed by atoms with E-state index in [9.17, 15) is 9.59 Å². The summed E-state index contributed by atoms with van der Waals surface area (Å²) in [7, 11) is 0. The largest absolute Gasteiger partial charge is 0.342 e. The summed E-state index contributed by atoms with van der Waals surface area (Å²) in [5.41, 5.74) is 0. The van der Waals surface area contributed by atoms with Gasteiger partial charge in [0.2, 0.25) is 11.8 Å². The predicted molar refractivity (Wildman–Crippen MR) is 59.6 cm³/mol. The molecule has 0 radical (unpaired) electrons. The van der Waals surface area contributed by atoms with E-state index in [1.54, 1.807) is 16.7 Å². The second kappa shape index (κ2) is 4.43. The molecule has 2 rings (SSSR count). The number of nitrogens with one attached hydrogen (secondary N) is 1. The highest BCUT2D eigenvalue weighted by Crippen LogP contribution is 2.34. The van der Waals surface area contributed by atoms with E-state index in [0.29, 0.717) is 12.5 Å². The van der Waals surface area contributed by atoms with Gasteiger partial charge in [0.05, 0.1) is 6.54 Å². The Hall–Kier alpha value is -0.710. The Morgan fingerprint density at radius 2 is 2.20 bits per heavy atom. The Labute approximate surface area is 93.8 Å². The van der Waals surface area contributed by atoms with Gasteiger partial charge in [0.25, 0.3) is 0 Å². The van der Waals surface area contributed by atoms with Crippen molar-refractivity contribution in [3.05, 3.63) is 0 Å². The van der Waals surface area contributed by atoms with Crippen molar-refractivity contribution in [2.45, 2.75) is 18.9 Å². The van der Waals surface area contributed by atoms with Crippen LogP contribution >= 0.6 is 11.8 Å². The molecule has 0 aromatic carbocycles. The van der Waals surface area contributed by atoms with Crippen LogP contribution in [0.5, 0.6) is 0 Å². The van der Waals surface area contributed by atoms with E-state index in [1.165, 1.54) is 0 Å². The highest BCUT2D eigenvalue weighted by Gasteiger charge is 2.42. The molecule has 1 saturated carbocycles. The molecule has 5 heteroatoms. The van der Waals surface area contributed by atoms with Crippen molar-refractivity contribution in [3.8, 4) is 0 Å². The standard InChI is InChI=1S/C10H16N2O2S/c1-15-5-4-12-6-8(13)11-9(10(12)14)7-2-3-7/h7,9H,2-6H2,1H3,(H,11,13). The number of carbonyl (C=O) groups is 2. The van der Waals surface area contributed by atoms with Crippen molar-refractivity contribution >= 4 is 23.6 Å².